The molecule has 0 unspecified atom stereocenters. The van der Waals surface area contributed by atoms with Crippen LogP contribution in [-0.4, -0.2) is 79.1 Å². The SMILES string of the molecule is CN(CC(=O)O)S(=O)(=O)c1cc(C(=O)N2CCOCC2)n(C)c1. The van der Waals surface area contributed by atoms with E-state index >= 15 is 0 Å². The lowest BCUT2D eigenvalue weighted by Crippen LogP contribution is -2.41. The van der Waals surface area contributed by atoms with Gasteiger partial charge in [0.1, 0.15) is 17.1 Å². The largest absolute Gasteiger partial charge is 0.480 e. The van der Waals surface area contributed by atoms with E-state index in [4.69, 9.17) is 9.84 Å². The van der Waals surface area contributed by atoms with E-state index in [1.807, 2.05) is 0 Å². The van der Waals surface area contributed by atoms with Crippen LogP contribution in [-0.2, 0) is 26.6 Å². The minimum atomic E-state index is -3.96. The second kappa shape index (κ2) is 6.69. The summed E-state index contributed by atoms with van der Waals surface area (Å²) in [6, 6.07) is 1.27. The molecule has 0 spiro atoms. The predicted octanol–water partition coefficient (Wildman–Crippen LogP) is -0.797. The van der Waals surface area contributed by atoms with Gasteiger partial charge in [-0.25, -0.2) is 8.42 Å². The van der Waals surface area contributed by atoms with Crippen molar-refractivity contribution in [1.82, 2.24) is 13.8 Å². The maximum atomic E-state index is 12.5. The molecular formula is C13H19N3O6S. The van der Waals surface area contributed by atoms with Gasteiger partial charge in [0, 0.05) is 33.4 Å². The smallest absolute Gasteiger partial charge is 0.318 e. The van der Waals surface area contributed by atoms with Crippen molar-refractivity contribution >= 4 is 21.9 Å². The third kappa shape index (κ3) is 3.71. The van der Waals surface area contributed by atoms with Crippen LogP contribution in [0.3, 0.4) is 0 Å². The Hall–Kier alpha value is -1.91. The van der Waals surface area contributed by atoms with Crippen LogP contribution in [0.25, 0.3) is 0 Å². The third-order valence-electron chi connectivity index (χ3n) is 3.56. The first-order valence-corrected chi connectivity index (χ1v) is 8.39. The average molecular weight is 345 g/mol. The molecule has 0 radical (unpaired) electrons. The van der Waals surface area contributed by atoms with Gasteiger partial charge in [0.05, 0.1) is 13.2 Å². The van der Waals surface area contributed by atoms with E-state index in [1.165, 1.54) is 23.9 Å². The number of carboxylic acid groups (broad SMARTS) is 1. The predicted molar refractivity (Wildman–Crippen MR) is 79.6 cm³/mol. The topological polar surface area (TPSA) is 109 Å². The van der Waals surface area contributed by atoms with Crippen LogP contribution in [0.2, 0.25) is 0 Å². The van der Waals surface area contributed by atoms with Gasteiger partial charge in [-0.3, -0.25) is 9.59 Å². The Kier molecular flexibility index (Phi) is 5.07. The van der Waals surface area contributed by atoms with Crippen molar-refractivity contribution in [1.29, 1.82) is 0 Å². The number of rotatable bonds is 5. The lowest BCUT2D eigenvalue weighted by atomic mass is 10.3. The molecule has 1 amide bonds. The number of likely N-dealkylation sites (N-methyl/N-ethyl adjacent to an activating group) is 1. The van der Waals surface area contributed by atoms with Crippen molar-refractivity contribution in [2.45, 2.75) is 4.90 Å². The lowest BCUT2D eigenvalue weighted by molar-refractivity contribution is -0.137. The molecule has 0 aliphatic carbocycles. The van der Waals surface area contributed by atoms with Crippen LogP contribution in [0.15, 0.2) is 17.2 Å². The number of nitrogens with zero attached hydrogens (tertiary/aromatic N) is 3. The summed E-state index contributed by atoms with van der Waals surface area (Å²) in [5.74, 6) is -1.53. The van der Waals surface area contributed by atoms with Crippen molar-refractivity contribution < 1.29 is 27.9 Å². The second-order valence-corrected chi connectivity index (χ2v) is 7.28. The molecule has 1 aromatic heterocycles. The minimum Gasteiger partial charge on any atom is -0.480 e. The Labute approximate surface area is 134 Å². The highest BCUT2D eigenvalue weighted by atomic mass is 32.2. The van der Waals surface area contributed by atoms with Gasteiger partial charge in [0.2, 0.25) is 10.0 Å². The standard InChI is InChI=1S/C13H19N3O6S/c1-14-8-10(23(20,21)15(2)9-12(17)18)7-11(14)13(19)16-3-5-22-6-4-16/h7-8H,3-6,9H2,1-2H3,(H,17,18). The molecule has 0 aromatic carbocycles. The Morgan fingerprint density at radius 1 is 1.35 bits per heavy atom. The lowest BCUT2D eigenvalue weighted by Gasteiger charge is -2.26. The van der Waals surface area contributed by atoms with Crippen LogP contribution in [0.1, 0.15) is 10.5 Å². The molecule has 1 fully saturated rings. The molecule has 2 heterocycles. The number of carbonyl (C=O) groups is 2. The molecular weight excluding hydrogens is 326 g/mol. The quantitative estimate of drug-likeness (QED) is 0.748. The zero-order valence-corrected chi connectivity index (χ0v) is 13.7. The number of aliphatic carboxylic acids is 1. The fraction of sp³-hybridized carbons (Fsp3) is 0.538. The van der Waals surface area contributed by atoms with Gasteiger partial charge in [0.25, 0.3) is 5.91 Å². The summed E-state index contributed by atoms with van der Waals surface area (Å²) in [6.07, 6.45) is 1.31. The Morgan fingerprint density at radius 2 is 1.96 bits per heavy atom. The molecule has 0 atom stereocenters. The highest BCUT2D eigenvalue weighted by Gasteiger charge is 2.28. The maximum absolute atomic E-state index is 12.5. The summed E-state index contributed by atoms with van der Waals surface area (Å²) in [5, 5.41) is 8.73. The molecule has 1 saturated heterocycles. The highest BCUT2D eigenvalue weighted by Crippen LogP contribution is 2.19. The number of aromatic nitrogens is 1. The number of hydrogen-bond donors (Lipinski definition) is 1. The number of aryl methyl sites for hydroxylation is 1. The van der Waals surface area contributed by atoms with Crippen LogP contribution in [0.5, 0.6) is 0 Å². The first-order chi connectivity index (χ1) is 10.7. The van der Waals surface area contributed by atoms with Crippen LogP contribution < -0.4 is 0 Å². The van der Waals surface area contributed by atoms with E-state index < -0.39 is 22.5 Å². The highest BCUT2D eigenvalue weighted by molar-refractivity contribution is 7.89. The number of carboxylic acids is 1. The summed E-state index contributed by atoms with van der Waals surface area (Å²) in [4.78, 5) is 24.6. The van der Waals surface area contributed by atoms with Crippen LogP contribution in [0.4, 0.5) is 0 Å². The van der Waals surface area contributed by atoms with E-state index in [1.54, 1.807) is 11.9 Å². The fourth-order valence-corrected chi connectivity index (χ4v) is 3.46. The van der Waals surface area contributed by atoms with E-state index in [0.717, 1.165) is 4.31 Å². The molecule has 1 aliphatic heterocycles. The van der Waals surface area contributed by atoms with E-state index in [9.17, 15) is 18.0 Å². The van der Waals surface area contributed by atoms with E-state index in [-0.39, 0.29) is 16.5 Å². The van der Waals surface area contributed by atoms with Gasteiger partial charge < -0.3 is 19.3 Å². The summed E-state index contributed by atoms with van der Waals surface area (Å²) >= 11 is 0. The van der Waals surface area contributed by atoms with Gasteiger partial charge in [-0.15, -0.1) is 0 Å². The Bertz CT molecular complexity index is 705. The van der Waals surface area contributed by atoms with E-state index in [0.29, 0.717) is 26.3 Å². The number of sulfonamides is 1. The number of hydrogen-bond acceptors (Lipinski definition) is 5. The number of ether oxygens (including phenoxy) is 1. The molecule has 128 valence electrons. The molecule has 23 heavy (non-hydrogen) atoms. The van der Waals surface area contributed by atoms with Crippen molar-refractivity contribution in [3.63, 3.8) is 0 Å². The molecule has 10 heteroatoms. The van der Waals surface area contributed by atoms with Gasteiger partial charge >= 0.3 is 5.97 Å². The summed E-state index contributed by atoms with van der Waals surface area (Å²) in [6.45, 7) is 1.14. The third-order valence-corrected chi connectivity index (χ3v) is 5.33. The second-order valence-electron chi connectivity index (χ2n) is 5.23. The normalized spacial score (nSPS) is 15.9. The average Bonchev–Trinajstić information content (AvgIpc) is 2.89. The number of amides is 1. The molecule has 0 saturated carbocycles. The van der Waals surface area contributed by atoms with Crippen molar-refractivity contribution in [3.8, 4) is 0 Å². The first-order valence-electron chi connectivity index (χ1n) is 6.95. The molecule has 1 aromatic rings. The van der Waals surface area contributed by atoms with E-state index in [2.05, 4.69) is 0 Å². The molecule has 1 N–H and O–H groups in total. The summed E-state index contributed by atoms with van der Waals surface area (Å²) < 4.78 is 32.0. The monoisotopic (exact) mass is 345 g/mol. The van der Waals surface area contributed by atoms with Crippen LogP contribution in [0, 0.1) is 0 Å². The summed E-state index contributed by atoms with van der Waals surface area (Å²) in [5.41, 5.74) is 0.231. The van der Waals surface area contributed by atoms with Gasteiger partial charge in [-0.1, -0.05) is 0 Å². The van der Waals surface area contributed by atoms with Crippen molar-refractivity contribution in [2.75, 3.05) is 39.9 Å². The molecule has 2 rings (SSSR count). The molecule has 9 nitrogen and oxygen atoms in total. The Morgan fingerprint density at radius 3 is 2.52 bits per heavy atom. The van der Waals surface area contributed by atoms with Crippen molar-refractivity contribution in [3.05, 3.63) is 18.0 Å². The zero-order valence-electron chi connectivity index (χ0n) is 12.9. The van der Waals surface area contributed by atoms with Crippen LogP contribution >= 0.6 is 0 Å². The fourth-order valence-electron chi connectivity index (χ4n) is 2.27. The number of carbonyl (C=O) groups excluding carboxylic acids is 1. The first kappa shape index (κ1) is 17.4. The zero-order chi connectivity index (χ0) is 17.2. The Balaban J connectivity index is 2.26. The van der Waals surface area contributed by atoms with Gasteiger partial charge in [0.15, 0.2) is 0 Å². The summed E-state index contributed by atoms with van der Waals surface area (Å²) in [7, 11) is -1.21. The molecule has 1 aliphatic rings. The minimum absolute atomic E-state index is 0.111. The van der Waals surface area contributed by atoms with Gasteiger partial charge in [-0.05, 0) is 6.07 Å². The molecule has 0 bridgehead atoms. The van der Waals surface area contributed by atoms with Crippen molar-refractivity contribution in [2.24, 2.45) is 7.05 Å². The maximum Gasteiger partial charge on any atom is 0.318 e. The number of morpholine rings is 1. The van der Waals surface area contributed by atoms with Gasteiger partial charge in [-0.2, -0.15) is 4.31 Å².